The lowest BCUT2D eigenvalue weighted by Crippen LogP contribution is -2.22. The molecule has 0 aliphatic carbocycles. The van der Waals surface area contributed by atoms with Crippen molar-refractivity contribution in [1.29, 1.82) is 0 Å². The summed E-state index contributed by atoms with van der Waals surface area (Å²) < 4.78 is 1.45. The van der Waals surface area contributed by atoms with Gasteiger partial charge in [0.05, 0.1) is 17.6 Å². The summed E-state index contributed by atoms with van der Waals surface area (Å²) in [6, 6.07) is 14.6. The molecule has 152 valence electrons. The van der Waals surface area contributed by atoms with Crippen molar-refractivity contribution in [2.24, 2.45) is 0 Å². The summed E-state index contributed by atoms with van der Waals surface area (Å²) in [7, 11) is 0. The number of H-pyrrole nitrogens is 1. The van der Waals surface area contributed by atoms with Gasteiger partial charge >= 0.3 is 0 Å². The lowest BCUT2D eigenvalue weighted by molar-refractivity contribution is -0.113. The zero-order valence-electron chi connectivity index (χ0n) is 16.1. The average Bonchev–Trinajstić information content (AvgIpc) is 3.22. The number of aromatic nitrogens is 4. The smallest absolute Gasteiger partial charge is 0.269 e. The van der Waals surface area contributed by atoms with E-state index in [1.54, 1.807) is 24.3 Å². The Labute approximate surface area is 181 Å². The second-order valence-corrected chi connectivity index (χ2v) is 7.87. The number of nitrogens with zero attached hydrogens (tertiary/aromatic N) is 3. The van der Waals surface area contributed by atoms with E-state index >= 15 is 0 Å². The number of fused-ring (bicyclic) bond motifs is 1. The van der Waals surface area contributed by atoms with Crippen molar-refractivity contribution in [3.63, 3.8) is 0 Å². The van der Waals surface area contributed by atoms with E-state index in [-0.39, 0.29) is 17.2 Å². The molecule has 0 radical (unpaired) electrons. The zero-order chi connectivity index (χ0) is 21.1. The number of carbonyl (C=O) groups excluding carboxylic acids is 1. The number of aromatic amines is 1. The highest BCUT2D eigenvalue weighted by atomic mass is 35.5. The summed E-state index contributed by atoms with van der Waals surface area (Å²) in [5.74, 6) is -0.0949. The molecule has 0 fully saturated rings. The fraction of sp³-hybridized carbons (Fsp3) is 0.143. The van der Waals surface area contributed by atoms with E-state index in [1.165, 1.54) is 22.5 Å². The Morgan fingerprint density at radius 1 is 1.23 bits per heavy atom. The second kappa shape index (κ2) is 8.73. The molecular weight excluding hydrogens is 422 g/mol. The van der Waals surface area contributed by atoms with Crippen molar-refractivity contribution in [3.8, 4) is 5.69 Å². The normalized spacial score (nSPS) is 11.0. The molecular formula is C21H18ClN5O2S. The van der Waals surface area contributed by atoms with Crippen LogP contribution in [0.5, 0.6) is 0 Å². The van der Waals surface area contributed by atoms with Gasteiger partial charge in [-0.1, -0.05) is 54.6 Å². The van der Waals surface area contributed by atoms with E-state index in [1.807, 2.05) is 31.2 Å². The number of hydrogen-bond acceptors (Lipinski definition) is 5. The molecule has 0 saturated carbocycles. The summed E-state index contributed by atoms with van der Waals surface area (Å²) in [4.78, 5) is 30.1. The summed E-state index contributed by atoms with van der Waals surface area (Å²) in [5, 5.41) is 10.8. The number of rotatable bonds is 6. The molecule has 30 heavy (non-hydrogen) atoms. The number of amides is 1. The first-order valence-corrected chi connectivity index (χ1v) is 10.7. The van der Waals surface area contributed by atoms with Crippen LogP contribution in [0.4, 0.5) is 5.69 Å². The molecule has 1 amide bonds. The minimum absolute atomic E-state index is 0.0880. The summed E-state index contributed by atoms with van der Waals surface area (Å²) in [6.07, 6.45) is 2.25. The molecule has 9 heteroatoms. The predicted molar refractivity (Wildman–Crippen MR) is 120 cm³/mol. The van der Waals surface area contributed by atoms with Crippen molar-refractivity contribution in [2.45, 2.75) is 18.5 Å². The molecule has 0 aliphatic rings. The lowest BCUT2D eigenvalue weighted by Gasteiger charge is -2.13. The van der Waals surface area contributed by atoms with Crippen LogP contribution in [0.2, 0.25) is 5.02 Å². The van der Waals surface area contributed by atoms with Crippen molar-refractivity contribution >= 4 is 46.0 Å². The van der Waals surface area contributed by atoms with E-state index in [0.29, 0.717) is 26.9 Å². The van der Waals surface area contributed by atoms with Gasteiger partial charge in [0.2, 0.25) is 5.91 Å². The van der Waals surface area contributed by atoms with Gasteiger partial charge in [-0.25, -0.2) is 4.98 Å². The Balaban J connectivity index is 1.64. The molecule has 4 aromatic rings. The third-order valence-electron chi connectivity index (χ3n) is 4.52. The minimum atomic E-state index is -0.282. The fourth-order valence-corrected chi connectivity index (χ4v) is 4.07. The van der Waals surface area contributed by atoms with E-state index in [0.717, 1.165) is 17.7 Å². The Bertz CT molecular complexity index is 1280. The van der Waals surface area contributed by atoms with Crippen LogP contribution < -0.4 is 10.9 Å². The van der Waals surface area contributed by atoms with Gasteiger partial charge in [0.1, 0.15) is 5.39 Å². The van der Waals surface area contributed by atoms with Crippen LogP contribution in [-0.2, 0) is 11.2 Å². The van der Waals surface area contributed by atoms with E-state index < -0.39 is 0 Å². The largest absolute Gasteiger partial charge is 0.325 e. The highest BCUT2D eigenvalue weighted by molar-refractivity contribution is 7.99. The Morgan fingerprint density at radius 2 is 2.07 bits per heavy atom. The number of carbonyl (C=O) groups is 1. The number of halogens is 1. The molecule has 0 spiro atoms. The maximum atomic E-state index is 13.0. The average molecular weight is 440 g/mol. The van der Waals surface area contributed by atoms with Crippen LogP contribution in [0.3, 0.4) is 0 Å². The molecule has 4 rings (SSSR count). The molecule has 0 aliphatic heterocycles. The molecule has 0 bridgehead atoms. The van der Waals surface area contributed by atoms with Crippen LogP contribution in [-0.4, -0.2) is 31.4 Å². The van der Waals surface area contributed by atoms with Crippen molar-refractivity contribution in [3.05, 3.63) is 75.7 Å². The third-order valence-corrected chi connectivity index (χ3v) is 5.70. The van der Waals surface area contributed by atoms with Gasteiger partial charge < -0.3 is 5.32 Å². The van der Waals surface area contributed by atoms with Gasteiger partial charge in [-0.3, -0.25) is 19.3 Å². The Hall–Kier alpha value is -3.10. The summed E-state index contributed by atoms with van der Waals surface area (Å²) in [5.41, 5.74) is 2.51. The second-order valence-electron chi connectivity index (χ2n) is 6.49. The Morgan fingerprint density at radius 3 is 2.87 bits per heavy atom. The first-order valence-electron chi connectivity index (χ1n) is 9.29. The SMILES string of the molecule is CCc1ccccc1NC(=O)CSc1nc2[nH]ncc2c(=O)n1-c1cccc(Cl)c1. The van der Waals surface area contributed by atoms with Crippen molar-refractivity contribution in [1.82, 2.24) is 19.7 Å². The monoisotopic (exact) mass is 439 g/mol. The van der Waals surface area contributed by atoms with Crippen LogP contribution >= 0.6 is 23.4 Å². The molecule has 2 aromatic carbocycles. The summed E-state index contributed by atoms with van der Waals surface area (Å²) in [6.45, 7) is 2.03. The number of hydrogen-bond donors (Lipinski definition) is 2. The first kappa shape index (κ1) is 20.2. The predicted octanol–water partition coefficient (Wildman–Crippen LogP) is 4.06. The van der Waals surface area contributed by atoms with E-state index in [4.69, 9.17) is 11.6 Å². The maximum absolute atomic E-state index is 13.0. The molecule has 0 atom stereocenters. The van der Waals surface area contributed by atoms with Crippen molar-refractivity contribution in [2.75, 3.05) is 11.1 Å². The van der Waals surface area contributed by atoms with Gasteiger partial charge in [0.15, 0.2) is 10.8 Å². The highest BCUT2D eigenvalue weighted by Gasteiger charge is 2.16. The van der Waals surface area contributed by atoms with E-state index in [2.05, 4.69) is 20.5 Å². The maximum Gasteiger partial charge on any atom is 0.269 e. The van der Waals surface area contributed by atoms with Crippen molar-refractivity contribution < 1.29 is 4.79 Å². The summed E-state index contributed by atoms with van der Waals surface area (Å²) >= 11 is 7.29. The van der Waals surface area contributed by atoms with Crippen LogP contribution in [0.25, 0.3) is 16.7 Å². The fourth-order valence-electron chi connectivity index (χ4n) is 3.08. The van der Waals surface area contributed by atoms with E-state index in [9.17, 15) is 9.59 Å². The number of thioether (sulfide) groups is 1. The highest BCUT2D eigenvalue weighted by Crippen LogP contribution is 2.23. The number of anilines is 1. The molecule has 7 nitrogen and oxygen atoms in total. The van der Waals surface area contributed by atoms with Gasteiger partial charge in [0.25, 0.3) is 5.56 Å². The minimum Gasteiger partial charge on any atom is -0.325 e. The topological polar surface area (TPSA) is 92.7 Å². The standard InChI is InChI=1S/C21H18ClN5O2S/c1-2-13-6-3-4-9-17(13)24-18(28)12-30-21-25-19-16(11-23-26-19)20(29)27(21)15-8-5-7-14(22)10-15/h3-11H,2,12H2,1H3,(H,23,26)(H,24,28). The van der Waals surface area contributed by atoms with Gasteiger partial charge in [0, 0.05) is 10.7 Å². The van der Waals surface area contributed by atoms with Gasteiger partial charge in [-0.2, -0.15) is 5.10 Å². The quantitative estimate of drug-likeness (QED) is 0.349. The molecule has 2 heterocycles. The van der Waals surface area contributed by atoms with Crippen LogP contribution in [0.15, 0.2) is 64.7 Å². The number of benzene rings is 2. The molecule has 2 N–H and O–H groups in total. The molecule has 0 unspecified atom stereocenters. The Kier molecular flexibility index (Phi) is 5.87. The van der Waals surface area contributed by atoms with Crippen LogP contribution in [0.1, 0.15) is 12.5 Å². The van der Waals surface area contributed by atoms with Gasteiger partial charge in [-0.15, -0.1) is 0 Å². The molecule has 2 aromatic heterocycles. The van der Waals surface area contributed by atoms with Gasteiger partial charge in [-0.05, 0) is 36.2 Å². The lowest BCUT2D eigenvalue weighted by atomic mass is 10.1. The number of aryl methyl sites for hydroxylation is 1. The molecule has 0 saturated heterocycles. The number of para-hydroxylation sites is 1. The van der Waals surface area contributed by atoms with Crippen LogP contribution in [0, 0.1) is 0 Å². The number of nitrogens with one attached hydrogen (secondary N) is 2. The third kappa shape index (κ3) is 4.10. The zero-order valence-corrected chi connectivity index (χ0v) is 17.6. The first-order chi connectivity index (χ1) is 14.6.